The third-order valence-electron chi connectivity index (χ3n) is 4.31. The third kappa shape index (κ3) is 3.47. The number of benzene rings is 1. The Kier molecular flexibility index (Phi) is 4.64. The fraction of sp³-hybridized carbons (Fsp3) is 0.500. The Bertz CT molecular complexity index is 706. The normalized spacial score (nSPS) is 16.1. The molecule has 1 aromatic carbocycles. The van der Waals surface area contributed by atoms with Crippen molar-refractivity contribution in [2.45, 2.75) is 19.9 Å². The van der Waals surface area contributed by atoms with Gasteiger partial charge in [0.25, 0.3) is 0 Å². The first kappa shape index (κ1) is 16.2. The topological polar surface area (TPSA) is 79.2 Å². The fourth-order valence-corrected chi connectivity index (χ4v) is 2.94. The zero-order chi connectivity index (χ0) is 17.1. The van der Waals surface area contributed by atoms with Crippen LogP contribution in [0.15, 0.2) is 24.3 Å². The van der Waals surface area contributed by atoms with Crippen LogP contribution in [-0.4, -0.2) is 57.3 Å². The summed E-state index contributed by atoms with van der Waals surface area (Å²) in [5.41, 5.74) is 2.47. The highest BCUT2D eigenvalue weighted by atomic mass is 16.2. The van der Waals surface area contributed by atoms with Gasteiger partial charge in [-0.25, -0.2) is 9.48 Å². The molecule has 1 fully saturated rings. The second kappa shape index (κ2) is 6.86. The molecule has 8 heteroatoms. The van der Waals surface area contributed by atoms with Crippen LogP contribution < -0.4 is 10.2 Å². The van der Waals surface area contributed by atoms with Crippen molar-refractivity contribution in [2.75, 3.05) is 31.1 Å². The van der Waals surface area contributed by atoms with Crippen molar-refractivity contribution in [3.63, 3.8) is 0 Å². The molecule has 1 saturated heterocycles. The molecule has 8 nitrogen and oxygen atoms in total. The van der Waals surface area contributed by atoms with Crippen molar-refractivity contribution < 1.29 is 4.79 Å². The van der Waals surface area contributed by atoms with E-state index in [1.165, 1.54) is 11.3 Å². The molecule has 0 saturated carbocycles. The van der Waals surface area contributed by atoms with Gasteiger partial charge in [-0.15, -0.1) is 5.10 Å². The first-order chi connectivity index (χ1) is 11.5. The van der Waals surface area contributed by atoms with E-state index >= 15 is 0 Å². The van der Waals surface area contributed by atoms with Crippen molar-refractivity contribution in [1.82, 2.24) is 30.4 Å². The standard InChI is InChI=1S/C16H23N7O/c1-12-5-4-6-14(11-12)22-7-9-23(10-8-22)16(24)17-13(2)15-18-19-20-21(15)3/h4-6,11,13H,7-10H2,1-3H3,(H,17,24)/t13-/m0/s1. The van der Waals surface area contributed by atoms with Crippen LogP contribution in [-0.2, 0) is 7.05 Å². The minimum absolute atomic E-state index is 0.0746. The van der Waals surface area contributed by atoms with Gasteiger partial charge >= 0.3 is 6.03 Å². The number of hydrogen-bond acceptors (Lipinski definition) is 5. The number of anilines is 1. The molecule has 2 heterocycles. The smallest absolute Gasteiger partial charge is 0.318 e. The Balaban J connectivity index is 1.54. The molecule has 2 amide bonds. The second-order valence-electron chi connectivity index (χ2n) is 6.14. The van der Waals surface area contributed by atoms with Gasteiger partial charge in [-0.2, -0.15) is 0 Å². The van der Waals surface area contributed by atoms with Crippen molar-refractivity contribution in [2.24, 2.45) is 7.05 Å². The first-order valence-corrected chi connectivity index (χ1v) is 8.14. The molecule has 1 atom stereocenters. The average molecular weight is 329 g/mol. The zero-order valence-electron chi connectivity index (χ0n) is 14.3. The van der Waals surface area contributed by atoms with Crippen LogP contribution in [0.5, 0.6) is 0 Å². The summed E-state index contributed by atoms with van der Waals surface area (Å²) >= 11 is 0. The maximum atomic E-state index is 12.4. The molecule has 0 aliphatic carbocycles. The Hall–Kier alpha value is -2.64. The Morgan fingerprint density at radius 1 is 1.25 bits per heavy atom. The quantitative estimate of drug-likeness (QED) is 0.912. The summed E-state index contributed by atoms with van der Waals surface area (Å²) in [6.45, 7) is 7.03. The number of nitrogens with one attached hydrogen (secondary N) is 1. The molecule has 0 unspecified atom stereocenters. The molecular weight excluding hydrogens is 306 g/mol. The lowest BCUT2D eigenvalue weighted by Gasteiger charge is -2.36. The van der Waals surface area contributed by atoms with E-state index in [0.29, 0.717) is 18.9 Å². The number of nitrogens with zero attached hydrogens (tertiary/aromatic N) is 6. The molecule has 1 N–H and O–H groups in total. The van der Waals surface area contributed by atoms with E-state index in [4.69, 9.17) is 0 Å². The number of rotatable bonds is 3. The van der Waals surface area contributed by atoms with E-state index in [9.17, 15) is 4.79 Å². The lowest BCUT2D eigenvalue weighted by molar-refractivity contribution is 0.190. The summed E-state index contributed by atoms with van der Waals surface area (Å²) < 4.78 is 1.57. The number of tetrazole rings is 1. The number of amides is 2. The lowest BCUT2D eigenvalue weighted by atomic mass is 10.2. The number of urea groups is 1. The van der Waals surface area contributed by atoms with Crippen molar-refractivity contribution >= 4 is 11.7 Å². The summed E-state index contributed by atoms with van der Waals surface area (Å²) in [6, 6.07) is 8.16. The maximum Gasteiger partial charge on any atom is 0.318 e. The van der Waals surface area contributed by atoms with Gasteiger partial charge in [0, 0.05) is 38.9 Å². The van der Waals surface area contributed by atoms with Crippen LogP contribution in [0.2, 0.25) is 0 Å². The van der Waals surface area contributed by atoms with Crippen molar-refractivity contribution in [3.05, 3.63) is 35.7 Å². The molecular formula is C16H23N7O. The minimum Gasteiger partial charge on any atom is -0.368 e. The Labute approximate surface area is 141 Å². The number of piperazine rings is 1. The van der Waals surface area contributed by atoms with Gasteiger partial charge in [-0.05, 0) is 42.0 Å². The molecule has 1 aromatic heterocycles. The predicted octanol–water partition coefficient (Wildman–Crippen LogP) is 1.11. The summed E-state index contributed by atoms with van der Waals surface area (Å²) in [5, 5.41) is 14.3. The Morgan fingerprint density at radius 3 is 2.62 bits per heavy atom. The summed E-state index contributed by atoms with van der Waals surface area (Å²) in [4.78, 5) is 16.6. The van der Waals surface area contributed by atoms with Gasteiger partial charge in [-0.1, -0.05) is 12.1 Å². The summed E-state index contributed by atoms with van der Waals surface area (Å²) in [5.74, 6) is 0.641. The number of carbonyl (C=O) groups is 1. The number of aromatic nitrogens is 4. The maximum absolute atomic E-state index is 12.4. The number of carbonyl (C=O) groups excluding carboxylic acids is 1. The molecule has 1 aliphatic heterocycles. The van der Waals surface area contributed by atoms with E-state index in [-0.39, 0.29) is 12.1 Å². The average Bonchev–Trinajstić information content (AvgIpc) is 3.01. The van der Waals surface area contributed by atoms with Crippen LogP contribution in [0.1, 0.15) is 24.4 Å². The monoisotopic (exact) mass is 329 g/mol. The van der Waals surface area contributed by atoms with E-state index in [0.717, 1.165) is 13.1 Å². The van der Waals surface area contributed by atoms with Crippen LogP contribution in [0.25, 0.3) is 0 Å². The van der Waals surface area contributed by atoms with Gasteiger partial charge < -0.3 is 15.1 Å². The SMILES string of the molecule is Cc1cccc(N2CCN(C(=O)N[C@@H](C)c3nnnn3C)CC2)c1. The van der Waals surface area contributed by atoms with E-state index in [2.05, 4.69) is 56.9 Å². The van der Waals surface area contributed by atoms with Gasteiger partial charge in [0.15, 0.2) is 5.82 Å². The molecule has 0 bridgehead atoms. The lowest BCUT2D eigenvalue weighted by Crippen LogP contribution is -2.52. The van der Waals surface area contributed by atoms with Gasteiger partial charge in [-0.3, -0.25) is 0 Å². The highest BCUT2D eigenvalue weighted by molar-refractivity contribution is 5.75. The van der Waals surface area contributed by atoms with Crippen molar-refractivity contribution in [3.8, 4) is 0 Å². The molecule has 3 rings (SSSR count). The molecule has 0 radical (unpaired) electrons. The Morgan fingerprint density at radius 2 is 2.00 bits per heavy atom. The molecule has 0 spiro atoms. The summed E-state index contributed by atoms with van der Waals surface area (Å²) in [6.07, 6.45) is 0. The zero-order valence-corrected chi connectivity index (χ0v) is 14.3. The van der Waals surface area contributed by atoms with Gasteiger partial charge in [0.1, 0.15) is 0 Å². The highest BCUT2D eigenvalue weighted by Gasteiger charge is 2.23. The largest absolute Gasteiger partial charge is 0.368 e. The molecule has 128 valence electrons. The molecule has 1 aliphatic rings. The van der Waals surface area contributed by atoms with Gasteiger partial charge in [0.2, 0.25) is 0 Å². The highest BCUT2D eigenvalue weighted by Crippen LogP contribution is 2.18. The fourth-order valence-electron chi connectivity index (χ4n) is 2.94. The third-order valence-corrected chi connectivity index (χ3v) is 4.31. The summed E-state index contributed by atoms with van der Waals surface area (Å²) in [7, 11) is 1.76. The molecule has 2 aromatic rings. The van der Waals surface area contributed by atoms with E-state index < -0.39 is 0 Å². The van der Waals surface area contributed by atoms with Crippen LogP contribution in [0.4, 0.5) is 10.5 Å². The molecule has 24 heavy (non-hydrogen) atoms. The van der Waals surface area contributed by atoms with Gasteiger partial charge in [0.05, 0.1) is 6.04 Å². The van der Waals surface area contributed by atoms with E-state index in [1.54, 1.807) is 11.7 Å². The van der Waals surface area contributed by atoms with Crippen LogP contribution in [0, 0.1) is 6.92 Å². The number of hydrogen-bond donors (Lipinski definition) is 1. The van der Waals surface area contributed by atoms with E-state index in [1.807, 2.05) is 11.8 Å². The predicted molar refractivity (Wildman–Crippen MR) is 90.7 cm³/mol. The second-order valence-corrected chi connectivity index (χ2v) is 6.14. The van der Waals surface area contributed by atoms with Crippen molar-refractivity contribution in [1.29, 1.82) is 0 Å². The minimum atomic E-state index is -0.229. The van der Waals surface area contributed by atoms with Crippen LogP contribution >= 0.6 is 0 Å². The van der Waals surface area contributed by atoms with Crippen LogP contribution in [0.3, 0.4) is 0 Å². The number of aryl methyl sites for hydroxylation is 2. The first-order valence-electron chi connectivity index (χ1n) is 8.14.